The standard InChI is InChI=1S/C25H29N9O3/c1-16(2)21(35)32-10-12-33(13-11-32)22(36)18(15-17-7-4-3-5-8-17)27-24-29-23(26)34-25(30-24)28-20(31-34)19-9-6-14-37-19/h3-9,14,16,18H,10-13,15H2,1-2H3,(H3,26,27,28,29,30,31)/t18-/m0/s1. The van der Waals surface area contributed by atoms with Crippen LogP contribution in [0.5, 0.6) is 0 Å². The highest BCUT2D eigenvalue weighted by Gasteiger charge is 2.30. The third-order valence-corrected chi connectivity index (χ3v) is 6.26. The molecule has 2 amide bonds. The Bertz CT molecular complexity index is 1380. The van der Waals surface area contributed by atoms with Crippen molar-refractivity contribution in [3.8, 4) is 11.6 Å². The number of carbonyl (C=O) groups excluding carboxylic acids is 2. The number of carbonyl (C=O) groups is 2. The minimum atomic E-state index is -0.649. The van der Waals surface area contributed by atoms with Crippen LogP contribution in [0.25, 0.3) is 17.4 Å². The SMILES string of the molecule is CC(C)C(=O)N1CCN(C(=O)[C@H](Cc2ccccc2)Nc2nc(N)n3nc(-c4ccco4)nc3n2)CC1. The molecule has 3 N–H and O–H groups in total. The molecule has 1 aliphatic heterocycles. The van der Waals surface area contributed by atoms with Crippen LogP contribution in [0.4, 0.5) is 11.9 Å². The number of nitrogens with two attached hydrogens (primary N) is 1. The Labute approximate surface area is 213 Å². The first-order valence-electron chi connectivity index (χ1n) is 12.2. The van der Waals surface area contributed by atoms with Crippen LogP contribution in [-0.2, 0) is 16.0 Å². The van der Waals surface area contributed by atoms with E-state index in [1.54, 1.807) is 17.0 Å². The molecule has 0 bridgehead atoms. The summed E-state index contributed by atoms with van der Waals surface area (Å²) in [5, 5.41) is 7.49. The lowest BCUT2D eigenvalue weighted by atomic mass is 10.0. The molecular formula is C25H29N9O3. The van der Waals surface area contributed by atoms with Crippen molar-refractivity contribution in [1.29, 1.82) is 0 Å². The Hall–Kier alpha value is -4.48. The largest absolute Gasteiger partial charge is 0.461 e. The molecule has 192 valence electrons. The van der Waals surface area contributed by atoms with E-state index in [0.29, 0.717) is 44.2 Å². The number of anilines is 2. The van der Waals surface area contributed by atoms with Crippen LogP contribution >= 0.6 is 0 Å². The highest BCUT2D eigenvalue weighted by Crippen LogP contribution is 2.19. The first-order chi connectivity index (χ1) is 17.9. The second-order valence-electron chi connectivity index (χ2n) is 9.22. The summed E-state index contributed by atoms with van der Waals surface area (Å²) >= 11 is 0. The fourth-order valence-corrected chi connectivity index (χ4v) is 4.32. The van der Waals surface area contributed by atoms with E-state index in [1.165, 1.54) is 10.8 Å². The van der Waals surface area contributed by atoms with Crippen LogP contribution in [0, 0.1) is 5.92 Å². The predicted molar refractivity (Wildman–Crippen MR) is 136 cm³/mol. The van der Waals surface area contributed by atoms with E-state index < -0.39 is 6.04 Å². The number of nitrogens with zero attached hydrogens (tertiary/aromatic N) is 7. The summed E-state index contributed by atoms with van der Waals surface area (Å²) in [7, 11) is 0. The summed E-state index contributed by atoms with van der Waals surface area (Å²) < 4.78 is 6.69. The quantitative estimate of drug-likeness (QED) is 0.384. The number of benzene rings is 1. The number of hydrogen-bond acceptors (Lipinski definition) is 9. The molecule has 1 atom stereocenters. The summed E-state index contributed by atoms with van der Waals surface area (Å²) in [4.78, 5) is 42.8. The molecule has 0 radical (unpaired) electrons. The van der Waals surface area contributed by atoms with Gasteiger partial charge in [-0.3, -0.25) is 9.59 Å². The number of rotatable bonds is 7. The van der Waals surface area contributed by atoms with Gasteiger partial charge in [0.05, 0.1) is 6.26 Å². The molecule has 12 nitrogen and oxygen atoms in total. The summed E-state index contributed by atoms with van der Waals surface area (Å²) in [6.07, 6.45) is 1.95. The van der Waals surface area contributed by atoms with Crippen molar-refractivity contribution in [1.82, 2.24) is 34.4 Å². The van der Waals surface area contributed by atoms with Crippen LogP contribution in [0.15, 0.2) is 53.1 Å². The van der Waals surface area contributed by atoms with Crippen molar-refractivity contribution in [2.45, 2.75) is 26.3 Å². The summed E-state index contributed by atoms with van der Waals surface area (Å²) in [5.41, 5.74) is 7.13. The van der Waals surface area contributed by atoms with Crippen LogP contribution in [0.2, 0.25) is 0 Å². The first-order valence-corrected chi connectivity index (χ1v) is 12.2. The van der Waals surface area contributed by atoms with Gasteiger partial charge in [-0.25, -0.2) is 0 Å². The van der Waals surface area contributed by atoms with Gasteiger partial charge in [0.25, 0.3) is 5.78 Å². The third-order valence-electron chi connectivity index (χ3n) is 6.26. The van der Waals surface area contributed by atoms with Gasteiger partial charge in [-0.05, 0) is 17.7 Å². The molecule has 37 heavy (non-hydrogen) atoms. The van der Waals surface area contributed by atoms with Crippen LogP contribution in [0.3, 0.4) is 0 Å². The highest BCUT2D eigenvalue weighted by atomic mass is 16.3. The van der Waals surface area contributed by atoms with Gasteiger partial charge in [0.15, 0.2) is 5.76 Å². The monoisotopic (exact) mass is 503 g/mol. The zero-order valence-corrected chi connectivity index (χ0v) is 20.7. The zero-order chi connectivity index (χ0) is 25.9. The average molecular weight is 504 g/mol. The second kappa shape index (κ2) is 10.2. The minimum Gasteiger partial charge on any atom is -0.461 e. The van der Waals surface area contributed by atoms with E-state index in [9.17, 15) is 9.59 Å². The van der Waals surface area contributed by atoms with Gasteiger partial charge < -0.3 is 25.3 Å². The average Bonchev–Trinajstić information content (AvgIpc) is 3.59. The maximum Gasteiger partial charge on any atom is 0.259 e. The fourth-order valence-electron chi connectivity index (χ4n) is 4.32. The molecule has 1 aliphatic rings. The van der Waals surface area contributed by atoms with Gasteiger partial charge >= 0.3 is 0 Å². The topological polar surface area (TPSA) is 148 Å². The number of amides is 2. The Morgan fingerprint density at radius 2 is 1.68 bits per heavy atom. The van der Waals surface area contributed by atoms with E-state index in [-0.39, 0.29) is 35.4 Å². The van der Waals surface area contributed by atoms with Crippen molar-refractivity contribution < 1.29 is 14.0 Å². The first kappa shape index (κ1) is 24.2. The molecule has 4 heterocycles. The molecule has 1 aromatic carbocycles. The number of nitrogen functional groups attached to an aromatic ring is 1. The Balaban J connectivity index is 1.38. The molecule has 5 rings (SSSR count). The lowest BCUT2D eigenvalue weighted by molar-refractivity contribution is -0.141. The number of furan rings is 1. The third kappa shape index (κ3) is 5.22. The lowest BCUT2D eigenvalue weighted by Gasteiger charge is -2.37. The zero-order valence-electron chi connectivity index (χ0n) is 20.7. The molecule has 12 heteroatoms. The Kier molecular flexibility index (Phi) is 6.71. The van der Waals surface area contributed by atoms with E-state index in [4.69, 9.17) is 10.2 Å². The number of fused-ring (bicyclic) bond motifs is 1. The number of piperazine rings is 1. The molecule has 0 spiro atoms. The van der Waals surface area contributed by atoms with E-state index in [1.807, 2.05) is 49.1 Å². The van der Waals surface area contributed by atoms with Gasteiger partial charge in [-0.2, -0.15) is 19.5 Å². The molecule has 0 unspecified atom stereocenters. The molecular weight excluding hydrogens is 474 g/mol. The van der Waals surface area contributed by atoms with Gasteiger partial charge in [0.1, 0.15) is 6.04 Å². The predicted octanol–water partition coefficient (Wildman–Crippen LogP) is 1.71. The van der Waals surface area contributed by atoms with Crippen LogP contribution in [-0.4, -0.2) is 78.4 Å². The maximum absolute atomic E-state index is 13.7. The smallest absolute Gasteiger partial charge is 0.259 e. The Morgan fingerprint density at radius 3 is 2.32 bits per heavy atom. The number of hydrogen-bond donors (Lipinski definition) is 2. The minimum absolute atomic E-state index is 0.0715. The van der Waals surface area contributed by atoms with Gasteiger partial charge in [0.2, 0.25) is 29.5 Å². The fraction of sp³-hybridized carbons (Fsp3) is 0.360. The van der Waals surface area contributed by atoms with Crippen LogP contribution < -0.4 is 11.1 Å². The molecule has 4 aromatic rings. The highest BCUT2D eigenvalue weighted by molar-refractivity contribution is 5.85. The molecule has 0 saturated carbocycles. The van der Waals surface area contributed by atoms with Crippen molar-refractivity contribution in [3.63, 3.8) is 0 Å². The molecule has 0 aliphatic carbocycles. The second-order valence-corrected chi connectivity index (χ2v) is 9.22. The van der Waals surface area contributed by atoms with Gasteiger partial charge in [0, 0.05) is 38.5 Å². The van der Waals surface area contributed by atoms with Crippen molar-refractivity contribution in [2.24, 2.45) is 5.92 Å². The van der Waals surface area contributed by atoms with Crippen molar-refractivity contribution in [2.75, 3.05) is 37.2 Å². The van der Waals surface area contributed by atoms with E-state index in [0.717, 1.165) is 5.56 Å². The van der Waals surface area contributed by atoms with Crippen molar-refractivity contribution >= 4 is 29.5 Å². The van der Waals surface area contributed by atoms with Gasteiger partial charge in [-0.15, -0.1) is 5.10 Å². The number of aromatic nitrogens is 5. The van der Waals surface area contributed by atoms with E-state index >= 15 is 0 Å². The summed E-state index contributed by atoms with van der Waals surface area (Å²) in [6, 6.07) is 12.5. The Morgan fingerprint density at radius 1 is 0.973 bits per heavy atom. The lowest BCUT2D eigenvalue weighted by Crippen LogP contribution is -2.55. The summed E-state index contributed by atoms with van der Waals surface area (Å²) in [6.45, 7) is 5.70. The van der Waals surface area contributed by atoms with Crippen molar-refractivity contribution in [3.05, 3.63) is 54.3 Å². The van der Waals surface area contributed by atoms with Gasteiger partial charge in [-0.1, -0.05) is 44.2 Å². The molecule has 1 saturated heterocycles. The molecule has 1 fully saturated rings. The normalized spacial score (nSPS) is 14.8. The van der Waals surface area contributed by atoms with E-state index in [2.05, 4.69) is 25.4 Å². The maximum atomic E-state index is 13.7. The van der Waals surface area contributed by atoms with Crippen LogP contribution in [0.1, 0.15) is 19.4 Å². The molecule has 3 aromatic heterocycles. The summed E-state index contributed by atoms with van der Waals surface area (Å²) in [5.74, 6) is 1.22. The number of nitrogens with one attached hydrogen (secondary N) is 1.